The number of guanidine groups is 1. The van der Waals surface area contributed by atoms with Crippen molar-refractivity contribution < 1.29 is 9.53 Å². The summed E-state index contributed by atoms with van der Waals surface area (Å²) in [6, 6.07) is 0. The molecule has 0 amide bonds. The molecule has 0 aliphatic carbocycles. The van der Waals surface area contributed by atoms with Gasteiger partial charge in [0.05, 0.1) is 13.0 Å². The number of hydrogen-bond acceptors (Lipinski definition) is 3. The van der Waals surface area contributed by atoms with Gasteiger partial charge in [-0.15, -0.1) is 24.0 Å². The number of ether oxygens (including phenoxy) is 1. The highest BCUT2D eigenvalue weighted by atomic mass is 127. The Hall–Kier alpha value is -0.530. The van der Waals surface area contributed by atoms with Crippen LogP contribution in [0, 0.1) is 11.8 Å². The fourth-order valence-electron chi connectivity index (χ4n) is 2.51. The van der Waals surface area contributed by atoms with E-state index in [2.05, 4.69) is 29.1 Å². The zero-order chi connectivity index (χ0) is 14.3. The maximum Gasteiger partial charge on any atom is 0.310 e. The summed E-state index contributed by atoms with van der Waals surface area (Å²) < 4.78 is 4.85. The second-order valence-electron chi connectivity index (χ2n) is 5.19. The van der Waals surface area contributed by atoms with Gasteiger partial charge in [-0.05, 0) is 12.3 Å². The molecule has 0 bridgehead atoms. The molecule has 1 fully saturated rings. The Balaban J connectivity index is 0.00000361. The number of aliphatic imine (C=N–C) groups is 1. The first kappa shape index (κ1) is 19.5. The highest BCUT2D eigenvalue weighted by Gasteiger charge is 2.36. The summed E-state index contributed by atoms with van der Waals surface area (Å²) in [4.78, 5) is 18.1. The number of hydrogen-bond donors (Lipinski definition) is 1. The molecule has 1 saturated heterocycles. The number of unbranched alkanes of at least 4 members (excludes halogenated alkanes) is 2. The number of likely N-dealkylation sites (tertiary alicyclic amines) is 1. The van der Waals surface area contributed by atoms with E-state index in [0.29, 0.717) is 12.5 Å². The molecule has 0 spiro atoms. The maximum absolute atomic E-state index is 11.7. The second-order valence-corrected chi connectivity index (χ2v) is 5.19. The molecule has 0 aromatic rings. The van der Waals surface area contributed by atoms with Crippen LogP contribution in [0.3, 0.4) is 0 Å². The number of carbonyl (C=O) groups is 1. The van der Waals surface area contributed by atoms with Crippen LogP contribution in [-0.4, -0.2) is 50.6 Å². The smallest absolute Gasteiger partial charge is 0.310 e. The van der Waals surface area contributed by atoms with Gasteiger partial charge in [0.15, 0.2) is 5.96 Å². The fourth-order valence-corrected chi connectivity index (χ4v) is 2.51. The van der Waals surface area contributed by atoms with Gasteiger partial charge in [0, 0.05) is 26.7 Å². The molecule has 20 heavy (non-hydrogen) atoms. The third kappa shape index (κ3) is 5.46. The summed E-state index contributed by atoms with van der Waals surface area (Å²) in [6.07, 6.45) is 3.59. The number of nitrogens with one attached hydrogen (secondary N) is 1. The summed E-state index contributed by atoms with van der Waals surface area (Å²) in [5.41, 5.74) is 0. The molecular weight excluding hydrogens is 369 g/mol. The van der Waals surface area contributed by atoms with E-state index >= 15 is 0 Å². The Morgan fingerprint density at radius 2 is 2.10 bits per heavy atom. The van der Waals surface area contributed by atoms with Crippen molar-refractivity contribution >= 4 is 35.9 Å². The Bertz CT molecular complexity index is 324. The summed E-state index contributed by atoms with van der Waals surface area (Å²) in [7, 11) is 3.24. The van der Waals surface area contributed by atoms with E-state index in [-0.39, 0.29) is 35.9 Å². The van der Waals surface area contributed by atoms with Crippen molar-refractivity contribution in [2.75, 3.05) is 33.8 Å². The minimum absolute atomic E-state index is 0. The number of rotatable bonds is 5. The molecule has 0 aromatic carbocycles. The molecule has 1 N–H and O–H groups in total. The number of carbonyl (C=O) groups excluding carboxylic acids is 1. The lowest BCUT2D eigenvalue weighted by Gasteiger charge is -2.21. The monoisotopic (exact) mass is 397 g/mol. The van der Waals surface area contributed by atoms with Crippen LogP contribution in [0.1, 0.15) is 33.1 Å². The van der Waals surface area contributed by atoms with Gasteiger partial charge in [-0.3, -0.25) is 9.79 Å². The Morgan fingerprint density at radius 3 is 2.65 bits per heavy atom. The Kier molecular flexibility index (Phi) is 9.96. The molecule has 2 atom stereocenters. The van der Waals surface area contributed by atoms with E-state index < -0.39 is 0 Å². The van der Waals surface area contributed by atoms with Crippen LogP contribution in [0.15, 0.2) is 4.99 Å². The van der Waals surface area contributed by atoms with Crippen LogP contribution < -0.4 is 5.32 Å². The van der Waals surface area contributed by atoms with E-state index in [4.69, 9.17) is 4.74 Å². The standard InChI is InChI=1S/C14H27N3O2.HI/c1-5-6-7-8-16-14(15-3)17-9-11(2)12(10-17)13(18)19-4;/h11-12H,5-10H2,1-4H3,(H,15,16);1H. The van der Waals surface area contributed by atoms with Crippen molar-refractivity contribution in [1.82, 2.24) is 10.2 Å². The molecule has 0 radical (unpaired) electrons. The second kappa shape index (κ2) is 10.2. The molecule has 2 unspecified atom stereocenters. The molecular formula is C14H28IN3O2. The predicted molar refractivity (Wildman–Crippen MR) is 92.5 cm³/mol. The number of esters is 1. The average Bonchev–Trinajstić information content (AvgIpc) is 2.80. The van der Waals surface area contributed by atoms with Crippen LogP contribution >= 0.6 is 24.0 Å². The Morgan fingerprint density at radius 1 is 1.40 bits per heavy atom. The summed E-state index contributed by atoms with van der Waals surface area (Å²) >= 11 is 0. The minimum Gasteiger partial charge on any atom is -0.469 e. The largest absolute Gasteiger partial charge is 0.469 e. The number of nitrogens with zero attached hydrogens (tertiary/aromatic N) is 2. The van der Waals surface area contributed by atoms with Crippen molar-refractivity contribution in [3.8, 4) is 0 Å². The average molecular weight is 397 g/mol. The lowest BCUT2D eigenvalue weighted by atomic mass is 9.99. The van der Waals surface area contributed by atoms with Gasteiger partial charge >= 0.3 is 5.97 Å². The van der Waals surface area contributed by atoms with Crippen LogP contribution in [0.4, 0.5) is 0 Å². The first-order chi connectivity index (χ1) is 9.13. The van der Waals surface area contributed by atoms with Gasteiger partial charge in [-0.1, -0.05) is 26.7 Å². The highest BCUT2D eigenvalue weighted by Crippen LogP contribution is 2.23. The van der Waals surface area contributed by atoms with Crippen molar-refractivity contribution in [3.63, 3.8) is 0 Å². The first-order valence-corrected chi connectivity index (χ1v) is 7.17. The molecule has 1 rings (SSSR count). The Labute approximate surface area is 139 Å². The predicted octanol–water partition coefficient (Wildman–Crippen LogP) is 2.11. The number of halogens is 1. The lowest BCUT2D eigenvalue weighted by Crippen LogP contribution is -2.41. The molecule has 1 aliphatic heterocycles. The highest BCUT2D eigenvalue weighted by molar-refractivity contribution is 14.0. The molecule has 0 saturated carbocycles. The van der Waals surface area contributed by atoms with Gasteiger partial charge in [0.2, 0.25) is 0 Å². The van der Waals surface area contributed by atoms with E-state index in [1.807, 2.05) is 0 Å². The summed E-state index contributed by atoms with van der Waals surface area (Å²) in [5, 5.41) is 3.37. The van der Waals surface area contributed by atoms with Crippen LogP contribution in [0.5, 0.6) is 0 Å². The van der Waals surface area contributed by atoms with E-state index in [1.54, 1.807) is 7.05 Å². The molecule has 6 heteroatoms. The van der Waals surface area contributed by atoms with Crippen molar-refractivity contribution in [3.05, 3.63) is 0 Å². The number of methoxy groups -OCH3 is 1. The SMILES string of the molecule is CCCCCNC(=NC)N1CC(C)C(C(=O)OC)C1.I. The molecule has 0 aromatic heterocycles. The topological polar surface area (TPSA) is 53.9 Å². The first-order valence-electron chi connectivity index (χ1n) is 7.17. The van der Waals surface area contributed by atoms with Crippen molar-refractivity contribution in [2.45, 2.75) is 33.1 Å². The maximum atomic E-state index is 11.7. The molecule has 1 aliphatic rings. The van der Waals surface area contributed by atoms with Gasteiger partial charge in [-0.2, -0.15) is 0 Å². The van der Waals surface area contributed by atoms with Crippen molar-refractivity contribution in [2.24, 2.45) is 16.8 Å². The molecule has 5 nitrogen and oxygen atoms in total. The summed E-state index contributed by atoms with van der Waals surface area (Å²) in [5.74, 6) is 1.05. The van der Waals surface area contributed by atoms with Crippen molar-refractivity contribution in [1.29, 1.82) is 0 Å². The lowest BCUT2D eigenvalue weighted by molar-refractivity contribution is -0.145. The zero-order valence-electron chi connectivity index (χ0n) is 13.0. The fraction of sp³-hybridized carbons (Fsp3) is 0.857. The molecule has 1 heterocycles. The van der Waals surface area contributed by atoms with Crippen LogP contribution in [0.2, 0.25) is 0 Å². The van der Waals surface area contributed by atoms with Gasteiger partial charge in [0.25, 0.3) is 0 Å². The van der Waals surface area contributed by atoms with Crippen LogP contribution in [-0.2, 0) is 9.53 Å². The third-order valence-electron chi connectivity index (χ3n) is 3.69. The third-order valence-corrected chi connectivity index (χ3v) is 3.69. The zero-order valence-corrected chi connectivity index (χ0v) is 15.3. The van der Waals surface area contributed by atoms with Crippen LogP contribution in [0.25, 0.3) is 0 Å². The van der Waals surface area contributed by atoms with E-state index in [1.165, 1.54) is 20.0 Å². The minimum atomic E-state index is -0.114. The van der Waals surface area contributed by atoms with Gasteiger partial charge in [0.1, 0.15) is 0 Å². The summed E-state index contributed by atoms with van der Waals surface area (Å²) in [6.45, 7) is 6.77. The quantitative estimate of drug-likeness (QED) is 0.254. The molecule has 118 valence electrons. The van der Waals surface area contributed by atoms with E-state index in [9.17, 15) is 4.79 Å². The van der Waals surface area contributed by atoms with Gasteiger partial charge in [-0.25, -0.2) is 0 Å². The normalized spacial score (nSPS) is 22.4. The van der Waals surface area contributed by atoms with E-state index in [0.717, 1.165) is 25.5 Å². The van der Waals surface area contributed by atoms with Gasteiger partial charge < -0.3 is 15.0 Å².